The minimum absolute atomic E-state index is 0.160. The van der Waals surface area contributed by atoms with Gasteiger partial charge in [0.05, 0.1) is 19.3 Å². The molecule has 0 unspecified atom stereocenters. The van der Waals surface area contributed by atoms with Crippen LogP contribution in [-0.4, -0.2) is 94.2 Å². The van der Waals surface area contributed by atoms with E-state index in [4.69, 9.17) is 47.1 Å². The maximum atomic E-state index is 6.95. The van der Waals surface area contributed by atoms with Crippen LogP contribution in [0.5, 0.6) is 0 Å². The minimum Gasteiger partial charge on any atom is -0.413 e. The van der Waals surface area contributed by atoms with Gasteiger partial charge in [-0.05, 0) is 58.2 Å². The molecule has 0 aliphatic carbocycles. The third-order valence-corrected chi connectivity index (χ3v) is 15.3. The molecule has 0 saturated carbocycles. The van der Waals surface area contributed by atoms with Crippen molar-refractivity contribution in [3.05, 3.63) is 0 Å². The lowest BCUT2D eigenvalue weighted by molar-refractivity contribution is -0.276. The molecule has 5 fully saturated rings. The molecule has 0 spiro atoms. The molecule has 11 heteroatoms. The molecule has 0 aromatic heterocycles. The summed E-state index contributed by atoms with van der Waals surface area (Å²) in [6, 6.07) is 0. The quantitative estimate of drug-likeness (QED) is 0.327. The van der Waals surface area contributed by atoms with Crippen LogP contribution in [0.1, 0.15) is 89.5 Å². The second-order valence-corrected chi connectivity index (χ2v) is 20.1. The lowest BCUT2D eigenvalue weighted by Crippen LogP contribution is -2.57. The molecule has 41 heavy (non-hydrogen) atoms. The summed E-state index contributed by atoms with van der Waals surface area (Å²) in [6.45, 7) is 25.9. The lowest BCUT2D eigenvalue weighted by Gasteiger charge is -2.44. The average Bonchev–Trinajstić information content (AvgIpc) is 3.43. The molecule has 0 amide bonds. The largest absolute Gasteiger partial charge is 0.413 e. The van der Waals surface area contributed by atoms with Gasteiger partial charge in [0.15, 0.2) is 38.3 Å². The maximum Gasteiger partial charge on any atom is 0.200 e. The summed E-state index contributed by atoms with van der Waals surface area (Å²) in [4.78, 5) is 0. The summed E-state index contributed by atoms with van der Waals surface area (Å²) in [5, 5.41) is 0. The van der Waals surface area contributed by atoms with Gasteiger partial charge in [-0.15, -0.1) is 0 Å². The molecule has 5 aliphatic rings. The molecule has 5 heterocycles. The molecule has 0 aromatic rings. The SMILES string of the molecule is CC(C)[Si](OC[C@H]1O[C@H](OC[C@H]2O[C@@H]3OC(C)(C)O[C@@H]3[C@H]3OC(C)(C)O[C@H]32)C[C@H]2OC(C)(C)O[C@@H]12)(C(C)C)C(C)C. The third-order valence-electron chi connectivity index (χ3n) is 9.24. The van der Waals surface area contributed by atoms with Crippen molar-refractivity contribution in [2.24, 2.45) is 0 Å². The standard InChI is InChI=1S/C30H54O10Si/c1-16(2)41(17(3)4,18(5)6)32-15-21-23-19(35-28(7,8)36-23)13-22(33-21)31-14-20-24-25(38-29(9,10)37-24)26-27(34-20)40-30(11,12)39-26/h16-27H,13-15H2,1-12H3/t19-,20-,21-,22+,23-,24+,25+,26-,27-/m1/s1. The van der Waals surface area contributed by atoms with Crippen LogP contribution < -0.4 is 0 Å². The fourth-order valence-electron chi connectivity index (χ4n) is 7.88. The van der Waals surface area contributed by atoms with Gasteiger partial charge < -0.3 is 47.1 Å². The maximum absolute atomic E-state index is 6.95. The van der Waals surface area contributed by atoms with E-state index in [1.165, 1.54) is 0 Å². The molecule has 0 N–H and O–H groups in total. The number of rotatable bonds is 9. The number of hydrogen-bond acceptors (Lipinski definition) is 10. The van der Waals surface area contributed by atoms with Gasteiger partial charge in [0, 0.05) is 6.42 Å². The Labute approximate surface area is 247 Å². The Bertz CT molecular complexity index is 901. The van der Waals surface area contributed by atoms with Crippen molar-refractivity contribution in [3.8, 4) is 0 Å². The Morgan fingerprint density at radius 2 is 1.12 bits per heavy atom. The zero-order valence-electron chi connectivity index (χ0n) is 27.1. The molecule has 0 radical (unpaired) electrons. The average molecular weight is 603 g/mol. The van der Waals surface area contributed by atoms with Crippen molar-refractivity contribution < 1.29 is 47.1 Å². The normalized spacial score (nSPS) is 41.2. The Kier molecular flexibility index (Phi) is 8.89. The van der Waals surface area contributed by atoms with Gasteiger partial charge in [0.2, 0.25) is 0 Å². The first-order chi connectivity index (χ1) is 18.9. The van der Waals surface area contributed by atoms with Crippen LogP contribution >= 0.6 is 0 Å². The highest BCUT2D eigenvalue weighted by molar-refractivity contribution is 6.77. The van der Waals surface area contributed by atoms with Crippen LogP contribution in [0.15, 0.2) is 0 Å². The summed E-state index contributed by atoms with van der Waals surface area (Å²) in [5.74, 6) is -2.23. The smallest absolute Gasteiger partial charge is 0.200 e. The number of fused-ring (bicyclic) bond motifs is 4. The van der Waals surface area contributed by atoms with E-state index < -0.39 is 44.4 Å². The van der Waals surface area contributed by atoms with E-state index in [2.05, 4.69) is 41.5 Å². The van der Waals surface area contributed by atoms with Gasteiger partial charge in [0.25, 0.3) is 0 Å². The highest BCUT2D eigenvalue weighted by Crippen LogP contribution is 2.46. The topological polar surface area (TPSA) is 92.3 Å². The molecule has 5 saturated heterocycles. The van der Waals surface area contributed by atoms with E-state index in [-0.39, 0.29) is 43.2 Å². The van der Waals surface area contributed by atoms with Gasteiger partial charge in [-0.2, -0.15) is 0 Å². The molecule has 9 atom stereocenters. The number of hydrogen-bond donors (Lipinski definition) is 0. The van der Waals surface area contributed by atoms with E-state index >= 15 is 0 Å². The van der Waals surface area contributed by atoms with Gasteiger partial charge in [-0.25, -0.2) is 0 Å². The predicted octanol–water partition coefficient (Wildman–Crippen LogP) is 5.23. The number of ether oxygens (including phenoxy) is 9. The molecular weight excluding hydrogens is 548 g/mol. The van der Waals surface area contributed by atoms with Gasteiger partial charge in [0.1, 0.15) is 36.6 Å². The van der Waals surface area contributed by atoms with Crippen LogP contribution in [0, 0.1) is 0 Å². The van der Waals surface area contributed by atoms with Crippen LogP contribution in [0.25, 0.3) is 0 Å². The van der Waals surface area contributed by atoms with Crippen molar-refractivity contribution in [3.63, 3.8) is 0 Å². The van der Waals surface area contributed by atoms with Crippen molar-refractivity contribution in [1.29, 1.82) is 0 Å². The summed E-state index contributed by atoms with van der Waals surface area (Å²) < 4.78 is 63.7. The van der Waals surface area contributed by atoms with Crippen LogP contribution in [-0.2, 0) is 47.1 Å². The van der Waals surface area contributed by atoms with E-state index in [0.717, 1.165) is 0 Å². The lowest BCUT2D eigenvalue weighted by atomic mass is 9.99. The highest BCUT2D eigenvalue weighted by atomic mass is 28.4. The monoisotopic (exact) mass is 602 g/mol. The molecule has 238 valence electrons. The molecule has 0 aromatic carbocycles. The second kappa shape index (κ2) is 11.3. The fraction of sp³-hybridized carbons (Fsp3) is 1.00. The summed E-state index contributed by atoms with van der Waals surface area (Å²) >= 11 is 0. The molecule has 10 nitrogen and oxygen atoms in total. The summed E-state index contributed by atoms with van der Waals surface area (Å²) in [5.41, 5.74) is 1.41. The summed E-state index contributed by atoms with van der Waals surface area (Å²) in [7, 11) is -2.10. The Morgan fingerprint density at radius 1 is 0.610 bits per heavy atom. The molecule has 5 rings (SSSR count). The minimum atomic E-state index is -2.10. The Balaban J connectivity index is 1.28. The van der Waals surface area contributed by atoms with Gasteiger partial charge in [-0.3, -0.25) is 0 Å². The van der Waals surface area contributed by atoms with E-state index in [1.54, 1.807) is 0 Å². The van der Waals surface area contributed by atoms with Crippen molar-refractivity contribution in [1.82, 2.24) is 0 Å². The van der Waals surface area contributed by atoms with Crippen molar-refractivity contribution in [2.75, 3.05) is 13.2 Å². The van der Waals surface area contributed by atoms with Crippen LogP contribution in [0.4, 0.5) is 0 Å². The molecular formula is C30H54O10Si. The first-order valence-corrected chi connectivity index (χ1v) is 17.7. The van der Waals surface area contributed by atoms with Crippen molar-refractivity contribution >= 4 is 8.32 Å². The summed E-state index contributed by atoms with van der Waals surface area (Å²) in [6.07, 6.45) is -2.71. The Morgan fingerprint density at radius 3 is 1.76 bits per heavy atom. The van der Waals surface area contributed by atoms with Gasteiger partial charge >= 0.3 is 0 Å². The van der Waals surface area contributed by atoms with Gasteiger partial charge in [-0.1, -0.05) is 41.5 Å². The predicted molar refractivity (Wildman–Crippen MR) is 153 cm³/mol. The second-order valence-electron chi connectivity index (χ2n) is 14.6. The molecule has 0 bridgehead atoms. The first-order valence-electron chi connectivity index (χ1n) is 15.6. The van der Waals surface area contributed by atoms with Crippen LogP contribution in [0.3, 0.4) is 0 Å². The Hall–Kier alpha value is -0.183. The third kappa shape index (κ3) is 6.33. The van der Waals surface area contributed by atoms with E-state index in [9.17, 15) is 0 Å². The molecule has 5 aliphatic heterocycles. The van der Waals surface area contributed by atoms with E-state index in [1.807, 2.05) is 41.5 Å². The first kappa shape index (κ1) is 32.2. The van der Waals surface area contributed by atoms with Crippen LogP contribution in [0.2, 0.25) is 16.6 Å². The fourth-order valence-corrected chi connectivity index (χ4v) is 13.3. The zero-order chi connectivity index (χ0) is 30.1. The van der Waals surface area contributed by atoms with Crippen molar-refractivity contribution in [2.45, 2.75) is 179 Å². The zero-order valence-corrected chi connectivity index (χ0v) is 28.1. The van der Waals surface area contributed by atoms with E-state index in [0.29, 0.717) is 29.7 Å². The highest BCUT2D eigenvalue weighted by Gasteiger charge is 2.61.